The summed E-state index contributed by atoms with van der Waals surface area (Å²) in [5, 5.41) is 6.91. The Labute approximate surface area is 82.3 Å². The first-order valence-corrected chi connectivity index (χ1v) is 4.78. The van der Waals surface area contributed by atoms with Crippen molar-refractivity contribution in [2.45, 2.75) is 31.8 Å². The first-order valence-electron chi connectivity index (χ1n) is 4.78. The molecule has 5 heteroatoms. The van der Waals surface area contributed by atoms with Crippen LogP contribution in [0.2, 0.25) is 0 Å². The van der Waals surface area contributed by atoms with Crippen LogP contribution in [0, 0.1) is 0 Å². The lowest BCUT2D eigenvalue weighted by molar-refractivity contribution is -0.124. The summed E-state index contributed by atoms with van der Waals surface area (Å²) in [7, 11) is 0. The van der Waals surface area contributed by atoms with E-state index in [4.69, 9.17) is 5.73 Å². The van der Waals surface area contributed by atoms with Crippen molar-refractivity contribution in [2.75, 3.05) is 5.73 Å². The van der Waals surface area contributed by atoms with Crippen LogP contribution >= 0.6 is 0 Å². The second-order valence-electron chi connectivity index (χ2n) is 3.68. The van der Waals surface area contributed by atoms with E-state index in [1.165, 1.54) is 0 Å². The quantitative estimate of drug-likeness (QED) is 0.727. The molecule has 1 amide bonds. The molecule has 1 saturated carbocycles. The van der Waals surface area contributed by atoms with Crippen LogP contribution in [0.3, 0.4) is 0 Å². The molecular formula is C9H14N4O. The van der Waals surface area contributed by atoms with Crippen LogP contribution in [0.15, 0.2) is 12.3 Å². The van der Waals surface area contributed by atoms with E-state index in [1.54, 1.807) is 16.9 Å². The molecule has 3 N–H and O–H groups in total. The fraction of sp³-hybridized carbons (Fsp3) is 0.556. The Balaban J connectivity index is 1.99. The van der Waals surface area contributed by atoms with Crippen LogP contribution in [-0.4, -0.2) is 21.7 Å². The standard InChI is InChI=1S/C9H14N4O/c1-6(9(14)11-7-2-3-7)13-5-4-8(10)12-13/h4-7H,2-3H2,1H3,(H2,10,12)(H,11,14). The first kappa shape index (κ1) is 9.05. The third kappa shape index (κ3) is 1.86. The highest BCUT2D eigenvalue weighted by Crippen LogP contribution is 2.19. The van der Waals surface area contributed by atoms with Crippen LogP contribution in [0.25, 0.3) is 0 Å². The molecule has 5 nitrogen and oxygen atoms in total. The lowest BCUT2D eigenvalue weighted by Crippen LogP contribution is -2.32. The number of rotatable bonds is 3. The number of nitrogens with one attached hydrogen (secondary N) is 1. The van der Waals surface area contributed by atoms with Crippen molar-refractivity contribution in [3.05, 3.63) is 12.3 Å². The van der Waals surface area contributed by atoms with Crippen LogP contribution in [0.5, 0.6) is 0 Å². The number of hydrogen-bond donors (Lipinski definition) is 2. The Kier molecular flexibility index (Phi) is 2.15. The first-order chi connectivity index (χ1) is 6.66. The summed E-state index contributed by atoms with van der Waals surface area (Å²) < 4.78 is 1.58. The summed E-state index contributed by atoms with van der Waals surface area (Å²) in [6.45, 7) is 1.81. The second-order valence-corrected chi connectivity index (χ2v) is 3.68. The minimum Gasteiger partial charge on any atom is -0.382 e. The molecule has 76 valence electrons. The maximum atomic E-state index is 11.6. The van der Waals surface area contributed by atoms with Gasteiger partial charge in [0.25, 0.3) is 0 Å². The van der Waals surface area contributed by atoms with E-state index in [0.717, 1.165) is 12.8 Å². The molecule has 1 aromatic heterocycles. The number of nitrogen functional groups attached to an aromatic ring is 1. The fourth-order valence-corrected chi connectivity index (χ4v) is 1.24. The molecule has 0 saturated heterocycles. The molecule has 1 aromatic rings. The Morgan fingerprint density at radius 2 is 2.50 bits per heavy atom. The van der Waals surface area contributed by atoms with Gasteiger partial charge < -0.3 is 11.1 Å². The zero-order chi connectivity index (χ0) is 10.1. The summed E-state index contributed by atoms with van der Waals surface area (Å²) in [6, 6.07) is 1.78. The van der Waals surface area contributed by atoms with Gasteiger partial charge in [-0.1, -0.05) is 0 Å². The zero-order valence-electron chi connectivity index (χ0n) is 8.10. The maximum Gasteiger partial charge on any atom is 0.244 e. The minimum absolute atomic E-state index is 0.00981. The van der Waals surface area contributed by atoms with Gasteiger partial charge in [0.1, 0.15) is 11.9 Å². The van der Waals surface area contributed by atoms with Crippen LogP contribution in [0.4, 0.5) is 5.82 Å². The van der Waals surface area contributed by atoms with Gasteiger partial charge in [-0.2, -0.15) is 5.10 Å². The molecule has 1 aliphatic rings. The number of nitrogens with two attached hydrogens (primary N) is 1. The third-order valence-corrected chi connectivity index (χ3v) is 2.33. The monoisotopic (exact) mass is 194 g/mol. The zero-order valence-corrected chi connectivity index (χ0v) is 8.10. The average Bonchev–Trinajstić information content (AvgIpc) is 2.85. The van der Waals surface area contributed by atoms with Crippen molar-refractivity contribution in [3.63, 3.8) is 0 Å². The van der Waals surface area contributed by atoms with E-state index in [9.17, 15) is 4.79 Å². The molecule has 0 aliphatic heterocycles. The van der Waals surface area contributed by atoms with Gasteiger partial charge in [-0.15, -0.1) is 0 Å². The molecule has 1 aliphatic carbocycles. The number of carbonyl (C=O) groups is 1. The number of aromatic nitrogens is 2. The normalized spacial score (nSPS) is 17.8. The largest absolute Gasteiger partial charge is 0.382 e. The predicted octanol–water partition coefficient (Wildman–Crippen LogP) is 0.305. The molecule has 0 radical (unpaired) electrons. The topological polar surface area (TPSA) is 72.9 Å². The van der Waals surface area contributed by atoms with Crippen molar-refractivity contribution >= 4 is 11.7 Å². The lowest BCUT2D eigenvalue weighted by atomic mass is 10.3. The van der Waals surface area contributed by atoms with Crippen molar-refractivity contribution in [2.24, 2.45) is 0 Å². The van der Waals surface area contributed by atoms with E-state index in [-0.39, 0.29) is 11.9 Å². The second kappa shape index (κ2) is 3.32. The Hall–Kier alpha value is -1.52. The molecule has 2 rings (SSSR count). The highest BCUT2D eigenvalue weighted by atomic mass is 16.2. The van der Waals surface area contributed by atoms with Gasteiger partial charge in [0.15, 0.2) is 0 Å². The van der Waals surface area contributed by atoms with Crippen molar-refractivity contribution in [1.82, 2.24) is 15.1 Å². The molecular weight excluding hydrogens is 180 g/mol. The number of hydrogen-bond acceptors (Lipinski definition) is 3. The van der Waals surface area contributed by atoms with E-state index in [0.29, 0.717) is 11.9 Å². The van der Waals surface area contributed by atoms with Gasteiger partial charge in [-0.3, -0.25) is 9.48 Å². The highest BCUT2D eigenvalue weighted by Gasteiger charge is 2.26. The predicted molar refractivity (Wildman–Crippen MR) is 52.5 cm³/mol. The van der Waals surface area contributed by atoms with Gasteiger partial charge in [0.05, 0.1) is 0 Å². The summed E-state index contributed by atoms with van der Waals surface area (Å²) in [5.74, 6) is 0.451. The summed E-state index contributed by atoms with van der Waals surface area (Å²) in [5.41, 5.74) is 5.47. The molecule has 1 heterocycles. The number of amides is 1. The van der Waals surface area contributed by atoms with Crippen molar-refractivity contribution in [1.29, 1.82) is 0 Å². The summed E-state index contributed by atoms with van der Waals surface area (Å²) >= 11 is 0. The molecule has 0 bridgehead atoms. The fourth-order valence-electron chi connectivity index (χ4n) is 1.24. The van der Waals surface area contributed by atoms with Gasteiger partial charge in [0, 0.05) is 12.2 Å². The summed E-state index contributed by atoms with van der Waals surface area (Å²) in [4.78, 5) is 11.6. The van der Waals surface area contributed by atoms with Crippen LogP contribution in [0.1, 0.15) is 25.8 Å². The third-order valence-electron chi connectivity index (χ3n) is 2.33. The number of nitrogens with zero attached hydrogens (tertiary/aromatic N) is 2. The highest BCUT2D eigenvalue weighted by molar-refractivity contribution is 5.80. The molecule has 1 atom stereocenters. The van der Waals surface area contributed by atoms with E-state index in [1.807, 2.05) is 6.92 Å². The van der Waals surface area contributed by atoms with Gasteiger partial charge >= 0.3 is 0 Å². The molecule has 0 aromatic carbocycles. The SMILES string of the molecule is CC(C(=O)NC1CC1)n1ccc(N)n1. The smallest absolute Gasteiger partial charge is 0.244 e. The molecule has 1 fully saturated rings. The average molecular weight is 194 g/mol. The van der Waals surface area contributed by atoms with Crippen molar-refractivity contribution in [3.8, 4) is 0 Å². The number of anilines is 1. The number of carbonyl (C=O) groups excluding carboxylic acids is 1. The Morgan fingerprint density at radius 1 is 1.79 bits per heavy atom. The molecule has 1 unspecified atom stereocenters. The van der Waals surface area contributed by atoms with Gasteiger partial charge in [0.2, 0.25) is 5.91 Å². The maximum absolute atomic E-state index is 11.6. The minimum atomic E-state index is -0.284. The van der Waals surface area contributed by atoms with E-state index in [2.05, 4.69) is 10.4 Å². The molecule has 14 heavy (non-hydrogen) atoms. The van der Waals surface area contributed by atoms with E-state index >= 15 is 0 Å². The van der Waals surface area contributed by atoms with Gasteiger partial charge in [-0.05, 0) is 25.8 Å². The van der Waals surface area contributed by atoms with Gasteiger partial charge in [-0.25, -0.2) is 0 Å². The molecule has 0 spiro atoms. The lowest BCUT2D eigenvalue weighted by Gasteiger charge is -2.11. The van der Waals surface area contributed by atoms with Crippen LogP contribution in [-0.2, 0) is 4.79 Å². The Morgan fingerprint density at radius 3 is 3.00 bits per heavy atom. The van der Waals surface area contributed by atoms with E-state index < -0.39 is 0 Å². The summed E-state index contributed by atoms with van der Waals surface area (Å²) in [6.07, 6.45) is 3.91. The van der Waals surface area contributed by atoms with Crippen LogP contribution < -0.4 is 11.1 Å². The Bertz CT molecular complexity index is 342. The van der Waals surface area contributed by atoms with Crippen molar-refractivity contribution < 1.29 is 4.79 Å².